The number of benzene rings is 1. The summed E-state index contributed by atoms with van der Waals surface area (Å²) in [7, 11) is 0. The van der Waals surface area contributed by atoms with Crippen LogP contribution in [0.3, 0.4) is 0 Å². The van der Waals surface area contributed by atoms with Crippen LogP contribution >= 0.6 is 11.6 Å². The lowest BCUT2D eigenvalue weighted by atomic mass is 10.1. The molecule has 0 saturated carbocycles. The van der Waals surface area contributed by atoms with Crippen molar-refractivity contribution in [1.29, 1.82) is 0 Å². The molecule has 90 valence electrons. The fourth-order valence-corrected chi connectivity index (χ4v) is 1.91. The second-order valence-electron chi connectivity index (χ2n) is 3.81. The monoisotopic (exact) mass is 251 g/mol. The van der Waals surface area contributed by atoms with E-state index in [1.54, 1.807) is 0 Å². The van der Waals surface area contributed by atoms with Crippen molar-refractivity contribution in [3.05, 3.63) is 34.6 Å². The van der Waals surface area contributed by atoms with Gasteiger partial charge in [-0.25, -0.2) is 0 Å². The van der Waals surface area contributed by atoms with Gasteiger partial charge in [-0.2, -0.15) is 0 Å². The number of aliphatic hydroxyl groups excluding tert-OH is 1. The summed E-state index contributed by atoms with van der Waals surface area (Å²) >= 11 is 6.09. The fraction of sp³-hybridized carbons (Fsp3) is 0.333. The molecule has 0 aliphatic carbocycles. The van der Waals surface area contributed by atoms with Crippen LogP contribution in [-0.4, -0.2) is 19.9 Å². The SMILES string of the molecule is CCn1c(CO)nnc1-c1ccc(C)c(Cl)c1. The van der Waals surface area contributed by atoms with Gasteiger partial charge in [0, 0.05) is 17.1 Å². The minimum absolute atomic E-state index is 0.111. The fourth-order valence-electron chi connectivity index (χ4n) is 1.73. The average molecular weight is 252 g/mol. The van der Waals surface area contributed by atoms with Crippen LogP contribution in [0.4, 0.5) is 0 Å². The first kappa shape index (κ1) is 12.1. The number of hydrogen-bond donors (Lipinski definition) is 1. The molecule has 1 aromatic heterocycles. The van der Waals surface area contributed by atoms with Gasteiger partial charge in [-0.1, -0.05) is 23.7 Å². The first-order chi connectivity index (χ1) is 8.17. The molecule has 0 fully saturated rings. The maximum atomic E-state index is 9.16. The van der Waals surface area contributed by atoms with Gasteiger partial charge in [0.05, 0.1) is 0 Å². The Balaban J connectivity index is 2.52. The van der Waals surface area contributed by atoms with E-state index in [-0.39, 0.29) is 6.61 Å². The zero-order valence-electron chi connectivity index (χ0n) is 9.81. The molecular weight excluding hydrogens is 238 g/mol. The molecule has 0 amide bonds. The maximum Gasteiger partial charge on any atom is 0.164 e. The molecule has 0 saturated heterocycles. The summed E-state index contributed by atoms with van der Waals surface area (Å²) in [6.07, 6.45) is 0. The lowest BCUT2D eigenvalue weighted by Crippen LogP contribution is -2.03. The largest absolute Gasteiger partial charge is 0.388 e. The minimum Gasteiger partial charge on any atom is -0.388 e. The first-order valence-corrected chi connectivity index (χ1v) is 5.84. The molecule has 5 heteroatoms. The van der Waals surface area contributed by atoms with Gasteiger partial charge in [0.2, 0.25) is 0 Å². The van der Waals surface area contributed by atoms with Gasteiger partial charge in [-0.15, -0.1) is 10.2 Å². The second kappa shape index (κ2) is 4.85. The Hall–Kier alpha value is -1.39. The van der Waals surface area contributed by atoms with E-state index >= 15 is 0 Å². The van der Waals surface area contributed by atoms with E-state index in [1.165, 1.54) is 0 Å². The molecule has 0 aliphatic rings. The van der Waals surface area contributed by atoms with Crippen LogP contribution in [0.2, 0.25) is 5.02 Å². The highest BCUT2D eigenvalue weighted by atomic mass is 35.5. The van der Waals surface area contributed by atoms with E-state index in [9.17, 15) is 0 Å². The standard InChI is InChI=1S/C12H14ClN3O/c1-3-16-11(7-17)14-15-12(16)9-5-4-8(2)10(13)6-9/h4-6,17H,3,7H2,1-2H3. The van der Waals surface area contributed by atoms with E-state index in [1.807, 2.05) is 36.6 Å². The second-order valence-corrected chi connectivity index (χ2v) is 4.21. The molecule has 0 aliphatic heterocycles. The van der Waals surface area contributed by atoms with Gasteiger partial charge in [-0.05, 0) is 25.5 Å². The van der Waals surface area contributed by atoms with Gasteiger partial charge in [0.25, 0.3) is 0 Å². The molecule has 1 aromatic carbocycles. The van der Waals surface area contributed by atoms with E-state index in [4.69, 9.17) is 16.7 Å². The number of hydrogen-bond acceptors (Lipinski definition) is 3. The molecular formula is C12H14ClN3O. The van der Waals surface area contributed by atoms with E-state index in [2.05, 4.69) is 10.2 Å². The minimum atomic E-state index is -0.111. The van der Waals surface area contributed by atoms with Crippen molar-refractivity contribution in [2.45, 2.75) is 27.0 Å². The Morgan fingerprint density at radius 2 is 2.12 bits per heavy atom. The van der Waals surface area contributed by atoms with Crippen molar-refractivity contribution in [3.63, 3.8) is 0 Å². The van der Waals surface area contributed by atoms with Crippen molar-refractivity contribution in [3.8, 4) is 11.4 Å². The summed E-state index contributed by atoms with van der Waals surface area (Å²) in [4.78, 5) is 0. The predicted molar refractivity (Wildman–Crippen MR) is 66.8 cm³/mol. The summed E-state index contributed by atoms with van der Waals surface area (Å²) in [5.41, 5.74) is 1.94. The molecule has 4 nitrogen and oxygen atoms in total. The smallest absolute Gasteiger partial charge is 0.164 e. The highest BCUT2D eigenvalue weighted by Crippen LogP contribution is 2.24. The summed E-state index contributed by atoms with van der Waals surface area (Å²) in [5, 5.41) is 17.9. The van der Waals surface area contributed by atoms with E-state index in [0.717, 1.165) is 17.0 Å². The number of aryl methyl sites for hydroxylation is 1. The summed E-state index contributed by atoms with van der Waals surface area (Å²) in [5.74, 6) is 1.30. The average Bonchev–Trinajstić information content (AvgIpc) is 2.75. The Morgan fingerprint density at radius 1 is 1.35 bits per heavy atom. The molecule has 17 heavy (non-hydrogen) atoms. The third kappa shape index (κ3) is 2.18. The summed E-state index contributed by atoms with van der Waals surface area (Å²) in [6, 6.07) is 5.78. The van der Waals surface area contributed by atoms with Crippen LogP contribution in [0.1, 0.15) is 18.3 Å². The highest BCUT2D eigenvalue weighted by Gasteiger charge is 2.12. The maximum absolute atomic E-state index is 9.16. The van der Waals surface area contributed by atoms with E-state index < -0.39 is 0 Å². The molecule has 1 heterocycles. The Kier molecular flexibility index (Phi) is 3.45. The lowest BCUT2D eigenvalue weighted by molar-refractivity contribution is 0.265. The van der Waals surface area contributed by atoms with Crippen LogP contribution in [0.15, 0.2) is 18.2 Å². The normalized spacial score (nSPS) is 10.8. The summed E-state index contributed by atoms with van der Waals surface area (Å²) in [6.45, 7) is 4.54. The molecule has 0 spiro atoms. The van der Waals surface area contributed by atoms with Gasteiger partial charge in [-0.3, -0.25) is 0 Å². The number of halogens is 1. The lowest BCUT2D eigenvalue weighted by Gasteiger charge is -2.07. The van der Waals surface area contributed by atoms with Gasteiger partial charge >= 0.3 is 0 Å². The van der Waals surface area contributed by atoms with Crippen molar-refractivity contribution in [1.82, 2.24) is 14.8 Å². The van der Waals surface area contributed by atoms with E-state index in [0.29, 0.717) is 17.4 Å². The molecule has 1 N–H and O–H groups in total. The quantitative estimate of drug-likeness (QED) is 0.912. The molecule has 0 unspecified atom stereocenters. The first-order valence-electron chi connectivity index (χ1n) is 5.46. The van der Waals surface area contributed by atoms with Crippen molar-refractivity contribution < 1.29 is 5.11 Å². The molecule has 2 rings (SSSR count). The van der Waals surface area contributed by atoms with Crippen molar-refractivity contribution in [2.75, 3.05) is 0 Å². The molecule has 2 aromatic rings. The van der Waals surface area contributed by atoms with Gasteiger partial charge < -0.3 is 9.67 Å². The van der Waals surface area contributed by atoms with Crippen LogP contribution in [-0.2, 0) is 13.2 Å². The molecule has 0 atom stereocenters. The van der Waals surface area contributed by atoms with Crippen LogP contribution in [0.25, 0.3) is 11.4 Å². The van der Waals surface area contributed by atoms with Crippen molar-refractivity contribution in [2.24, 2.45) is 0 Å². The molecule has 0 bridgehead atoms. The van der Waals surface area contributed by atoms with Crippen LogP contribution in [0.5, 0.6) is 0 Å². The third-order valence-electron chi connectivity index (χ3n) is 2.72. The number of rotatable bonds is 3. The van der Waals surface area contributed by atoms with Crippen LogP contribution in [0, 0.1) is 6.92 Å². The predicted octanol–water partition coefficient (Wildman–Crippen LogP) is 2.42. The molecule has 0 radical (unpaired) electrons. The van der Waals surface area contributed by atoms with Crippen molar-refractivity contribution >= 4 is 11.6 Å². The third-order valence-corrected chi connectivity index (χ3v) is 3.12. The number of nitrogens with zero attached hydrogens (tertiary/aromatic N) is 3. The Morgan fingerprint density at radius 3 is 2.71 bits per heavy atom. The summed E-state index contributed by atoms with van der Waals surface area (Å²) < 4.78 is 1.88. The number of aliphatic hydroxyl groups is 1. The Bertz CT molecular complexity index is 537. The topological polar surface area (TPSA) is 50.9 Å². The van der Waals surface area contributed by atoms with Gasteiger partial charge in [0.1, 0.15) is 6.61 Å². The zero-order chi connectivity index (χ0) is 12.4. The number of aromatic nitrogens is 3. The van der Waals surface area contributed by atoms with Crippen LogP contribution < -0.4 is 0 Å². The zero-order valence-corrected chi connectivity index (χ0v) is 10.6. The Labute approximate surface area is 105 Å². The highest BCUT2D eigenvalue weighted by molar-refractivity contribution is 6.31. The van der Waals surface area contributed by atoms with Gasteiger partial charge in [0.15, 0.2) is 11.6 Å².